The van der Waals surface area contributed by atoms with Crippen molar-refractivity contribution in [2.75, 3.05) is 0 Å². The van der Waals surface area contributed by atoms with E-state index >= 15 is 0 Å². The third-order valence-corrected chi connectivity index (χ3v) is 3.32. The molecule has 0 saturated heterocycles. The maximum atomic E-state index is 4.26. The lowest BCUT2D eigenvalue weighted by Gasteiger charge is -1.90. The summed E-state index contributed by atoms with van der Waals surface area (Å²) in [4.78, 5) is 5.55. The Balaban J connectivity index is 0.000000771. The van der Waals surface area contributed by atoms with Crippen LogP contribution in [-0.2, 0) is 6.42 Å². The molecule has 0 unspecified atom stereocenters. The van der Waals surface area contributed by atoms with Crippen molar-refractivity contribution in [2.45, 2.75) is 34.1 Å². The van der Waals surface area contributed by atoms with Crippen LogP contribution in [-0.4, -0.2) is 4.98 Å². The van der Waals surface area contributed by atoms with E-state index < -0.39 is 0 Å². The number of benzene rings is 1. The first-order valence-electron chi connectivity index (χ1n) is 6.31. The van der Waals surface area contributed by atoms with Crippen molar-refractivity contribution < 1.29 is 0 Å². The molecule has 1 nitrogen and oxygen atoms in total. The van der Waals surface area contributed by atoms with Gasteiger partial charge in [0.25, 0.3) is 0 Å². The van der Waals surface area contributed by atoms with Crippen molar-refractivity contribution in [1.29, 1.82) is 0 Å². The van der Waals surface area contributed by atoms with E-state index in [1.165, 1.54) is 10.4 Å². The molecule has 0 aliphatic rings. The molecular weight excluding hydrogens is 238 g/mol. The van der Waals surface area contributed by atoms with Crippen molar-refractivity contribution in [3.05, 3.63) is 51.5 Å². The summed E-state index contributed by atoms with van der Waals surface area (Å²) in [6, 6.07) is 8.22. The summed E-state index contributed by atoms with van der Waals surface area (Å²) in [6.07, 6.45) is 2.94. The molecule has 2 rings (SSSR count). The van der Waals surface area contributed by atoms with Gasteiger partial charge in [-0.3, -0.25) is 0 Å². The highest BCUT2D eigenvalue weighted by atomic mass is 32.1. The molecule has 18 heavy (non-hydrogen) atoms. The molecule has 0 radical (unpaired) electrons. The van der Waals surface area contributed by atoms with Crippen LogP contribution in [0.2, 0.25) is 0 Å². The molecule has 0 aliphatic heterocycles. The SMILES string of the molecule is CC.CCc1cnc(C#Cc2ccc(C)cc2)s1. The standard InChI is InChI=1S/C14H13NS.C2H6/c1-3-13-10-15-14(16-13)9-8-12-6-4-11(2)5-7-12;1-2/h4-7,10H,3H2,1-2H3;1-2H3. The van der Waals surface area contributed by atoms with Crippen LogP contribution < -0.4 is 0 Å². The van der Waals surface area contributed by atoms with Gasteiger partial charge in [0.15, 0.2) is 5.01 Å². The average molecular weight is 257 g/mol. The van der Waals surface area contributed by atoms with Crippen molar-refractivity contribution >= 4 is 11.3 Å². The fourth-order valence-corrected chi connectivity index (χ4v) is 2.00. The van der Waals surface area contributed by atoms with Crippen molar-refractivity contribution in [3.63, 3.8) is 0 Å². The van der Waals surface area contributed by atoms with E-state index in [0.29, 0.717) is 0 Å². The summed E-state index contributed by atoms with van der Waals surface area (Å²) in [6.45, 7) is 8.20. The first kappa shape index (κ1) is 14.5. The zero-order valence-electron chi connectivity index (χ0n) is 11.4. The van der Waals surface area contributed by atoms with Crippen LogP contribution in [0.4, 0.5) is 0 Å². The first-order chi connectivity index (χ1) is 8.78. The summed E-state index contributed by atoms with van der Waals surface area (Å²) < 4.78 is 0. The summed E-state index contributed by atoms with van der Waals surface area (Å²) in [5, 5.41) is 0.900. The Bertz CT molecular complexity index is 526. The number of aromatic nitrogens is 1. The zero-order chi connectivity index (χ0) is 13.4. The van der Waals surface area contributed by atoms with Gasteiger partial charge in [-0.05, 0) is 31.4 Å². The number of hydrogen-bond acceptors (Lipinski definition) is 2. The quantitative estimate of drug-likeness (QED) is 0.688. The van der Waals surface area contributed by atoms with Crippen LogP contribution in [0.3, 0.4) is 0 Å². The number of rotatable bonds is 1. The van der Waals surface area contributed by atoms with Gasteiger partial charge in [-0.1, -0.05) is 44.4 Å². The van der Waals surface area contributed by atoms with Crippen LogP contribution >= 0.6 is 11.3 Å². The van der Waals surface area contributed by atoms with Gasteiger partial charge in [0.1, 0.15) is 0 Å². The number of nitrogens with zero attached hydrogens (tertiary/aromatic N) is 1. The van der Waals surface area contributed by atoms with E-state index in [2.05, 4.69) is 42.8 Å². The smallest absolute Gasteiger partial charge is 0.167 e. The van der Waals surface area contributed by atoms with Crippen LogP contribution in [0.1, 0.15) is 41.8 Å². The van der Waals surface area contributed by atoms with Crippen LogP contribution in [0.25, 0.3) is 0 Å². The molecule has 2 aromatic rings. The van der Waals surface area contributed by atoms with E-state index in [-0.39, 0.29) is 0 Å². The van der Waals surface area contributed by atoms with Crippen molar-refractivity contribution in [3.8, 4) is 11.8 Å². The third-order valence-electron chi connectivity index (χ3n) is 2.27. The Morgan fingerprint density at radius 3 is 2.33 bits per heavy atom. The molecule has 0 aliphatic carbocycles. The lowest BCUT2D eigenvalue weighted by molar-refractivity contribution is 1.17. The predicted octanol–water partition coefficient (Wildman–Crippen LogP) is 4.44. The minimum absolute atomic E-state index is 0.900. The Morgan fingerprint density at radius 2 is 1.78 bits per heavy atom. The Kier molecular flexibility index (Phi) is 6.18. The molecule has 1 heterocycles. The van der Waals surface area contributed by atoms with Gasteiger partial charge in [0.05, 0.1) is 0 Å². The largest absolute Gasteiger partial charge is 0.236 e. The Morgan fingerprint density at radius 1 is 1.11 bits per heavy atom. The van der Waals surface area contributed by atoms with Gasteiger partial charge >= 0.3 is 0 Å². The molecule has 0 amide bonds. The summed E-state index contributed by atoms with van der Waals surface area (Å²) in [5.41, 5.74) is 2.30. The highest BCUT2D eigenvalue weighted by molar-refractivity contribution is 7.12. The van der Waals surface area contributed by atoms with Gasteiger partial charge in [-0.15, -0.1) is 11.3 Å². The maximum absolute atomic E-state index is 4.26. The van der Waals surface area contributed by atoms with Crippen LogP contribution in [0, 0.1) is 18.8 Å². The molecule has 1 aromatic heterocycles. The second kappa shape index (κ2) is 7.68. The minimum Gasteiger partial charge on any atom is -0.236 e. The maximum Gasteiger partial charge on any atom is 0.167 e. The average Bonchev–Trinajstić information content (AvgIpc) is 2.88. The van der Waals surface area contributed by atoms with Crippen LogP contribution in [0.5, 0.6) is 0 Å². The summed E-state index contributed by atoms with van der Waals surface area (Å²) >= 11 is 1.67. The minimum atomic E-state index is 0.900. The molecule has 0 saturated carbocycles. The topological polar surface area (TPSA) is 12.9 Å². The van der Waals surface area contributed by atoms with E-state index in [0.717, 1.165) is 17.0 Å². The van der Waals surface area contributed by atoms with Gasteiger partial charge < -0.3 is 0 Å². The molecule has 0 atom stereocenters. The van der Waals surface area contributed by atoms with Crippen molar-refractivity contribution in [1.82, 2.24) is 4.98 Å². The van der Waals surface area contributed by atoms with Gasteiger partial charge in [-0.2, -0.15) is 0 Å². The Hall–Kier alpha value is -1.59. The normalized spacial score (nSPS) is 8.89. The van der Waals surface area contributed by atoms with Crippen molar-refractivity contribution in [2.24, 2.45) is 0 Å². The van der Waals surface area contributed by atoms with E-state index in [9.17, 15) is 0 Å². The third kappa shape index (κ3) is 4.35. The fraction of sp³-hybridized carbons (Fsp3) is 0.312. The highest BCUT2D eigenvalue weighted by Gasteiger charge is 1.95. The highest BCUT2D eigenvalue weighted by Crippen LogP contribution is 2.12. The van der Waals surface area contributed by atoms with Gasteiger partial charge in [0.2, 0.25) is 0 Å². The van der Waals surface area contributed by atoms with Gasteiger partial charge in [0, 0.05) is 16.6 Å². The fourth-order valence-electron chi connectivity index (χ4n) is 1.29. The molecule has 1 aromatic carbocycles. The molecular formula is C16H19NS. The molecule has 2 heteroatoms. The molecule has 94 valence electrons. The van der Waals surface area contributed by atoms with E-state index in [4.69, 9.17) is 0 Å². The Labute approximate surface area is 114 Å². The second-order valence-electron chi connectivity index (χ2n) is 3.60. The summed E-state index contributed by atoms with van der Waals surface area (Å²) in [7, 11) is 0. The molecule has 0 fully saturated rings. The molecule has 0 spiro atoms. The van der Waals surface area contributed by atoms with E-state index in [1.54, 1.807) is 11.3 Å². The monoisotopic (exact) mass is 257 g/mol. The second-order valence-corrected chi connectivity index (χ2v) is 4.72. The lowest BCUT2D eigenvalue weighted by atomic mass is 10.2. The lowest BCUT2D eigenvalue weighted by Crippen LogP contribution is -1.75. The first-order valence-corrected chi connectivity index (χ1v) is 7.13. The number of thiazole rings is 1. The zero-order valence-corrected chi connectivity index (χ0v) is 12.3. The molecule has 0 bridgehead atoms. The molecule has 0 N–H and O–H groups in total. The predicted molar refractivity (Wildman–Crippen MR) is 80.0 cm³/mol. The van der Waals surface area contributed by atoms with Crippen LogP contribution in [0.15, 0.2) is 30.5 Å². The van der Waals surface area contributed by atoms with E-state index in [1.807, 2.05) is 32.2 Å². The number of aryl methyl sites for hydroxylation is 2. The number of hydrogen-bond donors (Lipinski definition) is 0. The van der Waals surface area contributed by atoms with Gasteiger partial charge in [-0.25, -0.2) is 4.98 Å². The summed E-state index contributed by atoms with van der Waals surface area (Å²) in [5.74, 6) is 6.22.